The van der Waals surface area contributed by atoms with Crippen molar-refractivity contribution in [1.82, 2.24) is 4.90 Å². The molecule has 0 bridgehead atoms. The van der Waals surface area contributed by atoms with E-state index in [1.54, 1.807) is 0 Å². The zero-order valence-electron chi connectivity index (χ0n) is 12.2. The van der Waals surface area contributed by atoms with Crippen LogP contribution in [0.15, 0.2) is 29.4 Å². The number of rotatable bonds is 3. The molecule has 0 spiro atoms. The smallest absolute Gasteiger partial charge is 0.222 e. The molecular weight excluding hydrogens is 252 g/mol. The Labute approximate surface area is 120 Å². The van der Waals surface area contributed by atoms with Gasteiger partial charge in [-0.25, -0.2) is 0 Å². The summed E-state index contributed by atoms with van der Waals surface area (Å²) in [6.07, 6.45) is 2.00. The van der Waals surface area contributed by atoms with Gasteiger partial charge in [-0.2, -0.15) is 0 Å². The van der Waals surface area contributed by atoms with Gasteiger partial charge in [0.05, 0.1) is 5.71 Å². The quantitative estimate of drug-likeness (QED) is 0.680. The van der Waals surface area contributed by atoms with Gasteiger partial charge in [0, 0.05) is 31.8 Å². The van der Waals surface area contributed by atoms with Crippen molar-refractivity contribution in [1.29, 1.82) is 0 Å². The third-order valence-corrected chi connectivity index (χ3v) is 3.93. The Morgan fingerprint density at radius 2 is 2.10 bits per heavy atom. The van der Waals surface area contributed by atoms with Gasteiger partial charge in [-0.3, -0.25) is 4.79 Å². The van der Waals surface area contributed by atoms with E-state index in [2.05, 4.69) is 36.3 Å². The number of likely N-dealkylation sites (tertiary alicyclic amines) is 1. The van der Waals surface area contributed by atoms with E-state index >= 15 is 0 Å². The molecule has 1 heterocycles. The molecule has 0 radical (unpaired) electrons. The van der Waals surface area contributed by atoms with Crippen molar-refractivity contribution in [3.63, 3.8) is 0 Å². The maximum atomic E-state index is 12.2. The van der Waals surface area contributed by atoms with Crippen LogP contribution in [-0.2, 0) is 11.2 Å². The maximum Gasteiger partial charge on any atom is 0.222 e. The van der Waals surface area contributed by atoms with Gasteiger partial charge in [0.15, 0.2) is 0 Å². The predicted molar refractivity (Wildman–Crippen MR) is 79.1 cm³/mol. The zero-order valence-corrected chi connectivity index (χ0v) is 12.2. The molecule has 0 aliphatic carbocycles. The molecular formula is C16H22N2O2. The molecule has 1 N–H and O–H groups in total. The topological polar surface area (TPSA) is 52.9 Å². The Bertz CT molecular complexity index is 494. The first kappa shape index (κ1) is 14.6. The highest BCUT2D eigenvalue weighted by Gasteiger charge is 2.25. The summed E-state index contributed by atoms with van der Waals surface area (Å²) in [7, 11) is 0. The summed E-state index contributed by atoms with van der Waals surface area (Å²) in [5, 5.41) is 12.1. The number of hydrogen-bond donors (Lipinski definition) is 1. The van der Waals surface area contributed by atoms with Gasteiger partial charge in [0.25, 0.3) is 0 Å². The number of benzene rings is 1. The third kappa shape index (κ3) is 3.59. The lowest BCUT2D eigenvalue weighted by molar-refractivity contribution is -0.131. The van der Waals surface area contributed by atoms with Crippen molar-refractivity contribution in [3.05, 3.63) is 35.4 Å². The van der Waals surface area contributed by atoms with E-state index in [0.29, 0.717) is 25.9 Å². The molecule has 108 valence electrons. The lowest BCUT2D eigenvalue weighted by Crippen LogP contribution is -2.43. The molecule has 1 unspecified atom stereocenters. The van der Waals surface area contributed by atoms with Crippen molar-refractivity contribution < 1.29 is 10.0 Å². The minimum atomic E-state index is 0.150. The Morgan fingerprint density at radius 3 is 2.70 bits per heavy atom. The van der Waals surface area contributed by atoms with Crippen LogP contribution in [0.1, 0.15) is 30.9 Å². The van der Waals surface area contributed by atoms with Gasteiger partial charge in [-0.05, 0) is 18.9 Å². The first-order chi connectivity index (χ1) is 9.60. The largest absolute Gasteiger partial charge is 0.411 e. The number of piperidine rings is 1. The molecule has 1 aliphatic heterocycles. The first-order valence-electron chi connectivity index (χ1n) is 7.14. The molecule has 1 fully saturated rings. The standard InChI is InChI=1S/C16H22N2O2/c1-12-3-5-14(6-4-12)7-8-16(19)18-10-9-15(17-20)13(2)11-18/h3-6,13,20H,7-11H2,1-2H3/b17-15+. The van der Waals surface area contributed by atoms with Crippen LogP contribution in [0.2, 0.25) is 0 Å². The third-order valence-electron chi connectivity index (χ3n) is 3.93. The molecule has 1 amide bonds. The maximum absolute atomic E-state index is 12.2. The fraction of sp³-hybridized carbons (Fsp3) is 0.500. The minimum Gasteiger partial charge on any atom is -0.411 e. The second-order valence-corrected chi connectivity index (χ2v) is 5.57. The molecule has 4 heteroatoms. The number of amides is 1. The summed E-state index contributed by atoms with van der Waals surface area (Å²) in [5.41, 5.74) is 3.24. The van der Waals surface area contributed by atoms with E-state index in [0.717, 1.165) is 12.1 Å². The summed E-state index contributed by atoms with van der Waals surface area (Å²) in [5.74, 6) is 0.339. The Hall–Kier alpha value is -1.84. The second-order valence-electron chi connectivity index (χ2n) is 5.57. The average molecular weight is 274 g/mol. The highest BCUT2D eigenvalue weighted by atomic mass is 16.4. The van der Waals surface area contributed by atoms with Crippen molar-refractivity contribution in [2.45, 2.75) is 33.1 Å². The monoisotopic (exact) mass is 274 g/mol. The van der Waals surface area contributed by atoms with Crippen molar-refractivity contribution in [2.75, 3.05) is 13.1 Å². The number of nitrogens with zero attached hydrogens (tertiary/aromatic N) is 2. The SMILES string of the molecule is Cc1ccc(CCC(=O)N2CC/C(=N\O)C(C)C2)cc1. The summed E-state index contributed by atoms with van der Waals surface area (Å²) in [4.78, 5) is 14.1. The highest BCUT2D eigenvalue weighted by Crippen LogP contribution is 2.15. The van der Waals surface area contributed by atoms with E-state index in [1.807, 2.05) is 11.8 Å². The van der Waals surface area contributed by atoms with E-state index < -0.39 is 0 Å². The molecule has 1 saturated heterocycles. The fourth-order valence-corrected chi connectivity index (χ4v) is 2.56. The molecule has 4 nitrogen and oxygen atoms in total. The van der Waals surface area contributed by atoms with Gasteiger partial charge >= 0.3 is 0 Å². The van der Waals surface area contributed by atoms with Gasteiger partial charge in [0.2, 0.25) is 5.91 Å². The van der Waals surface area contributed by atoms with Gasteiger partial charge in [-0.1, -0.05) is 41.9 Å². The Morgan fingerprint density at radius 1 is 1.40 bits per heavy atom. The van der Waals surface area contributed by atoms with Crippen molar-refractivity contribution in [2.24, 2.45) is 11.1 Å². The molecule has 1 aliphatic rings. The predicted octanol–water partition coefficient (Wildman–Crippen LogP) is 2.63. The van der Waals surface area contributed by atoms with Crippen LogP contribution in [0.4, 0.5) is 0 Å². The minimum absolute atomic E-state index is 0.150. The van der Waals surface area contributed by atoms with Crippen LogP contribution in [-0.4, -0.2) is 34.8 Å². The lowest BCUT2D eigenvalue weighted by Gasteiger charge is -2.31. The molecule has 20 heavy (non-hydrogen) atoms. The van der Waals surface area contributed by atoms with Crippen LogP contribution in [0.25, 0.3) is 0 Å². The lowest BCUT2D eigenvalue weighted by atomic mass is 9.97. The molecule has 1 atom stereocenters. The van der Waals surface area contributed by atoms with E-state index in [4.69, 9.17) is 5.21 Å². The number of oxime groups is 1. The number of carbonyl (C=O) groups is 1. The average Bonchev–Trinajstić information content (AvgIpc) is 2.46. The molecule has 1 aromatic rings. The number of hydrogen-bond acceptors (Lipinski definition) is 3. The van der Waals surface area contributed by atoms with Crippen LogP contribution in [0, 0.1) is 12.8 Å². The highest BCUT2D eigenvalue weighted by molar-refractivity contribution is 5.89. The first-order valence-corrected chi connectivity index (χ1v) is 7.14. The normalized spacial score (nSPS) is 21.2. The zero-order chi connectivity index (χ0) is 14.5. The molecule has 1 aromatic carbocycles. The summed E-state index contributed by atoms with van der Waals surface area (Å²) >= 11 is 0. The Balaban J connectivity index is 1.85. The second kappa shape index (κ2) is 6.55. The number of carbonyl (C=O) groups excluding carboxylic acids is 1. The van der Waals surface area contributed by atoms with E-state index in [1.165, 1.54) is 11.1 Å². The van der Waals surface area contributed by atoms with Gasteiger partial charge in [0.1, 0.15) is 0 Å². The van der Waals surface area contributed by atoms with E-state index in [-0.39, 0.29) is 11.8 Å². The van der Waals surface area contributed by atoms with Crippen LogP contribution < -0.4 is 0 Å². The van der Waals surface area contributed by atoms with Crippen LogP contribution in [0.5, 0.6) is 0 Å². The molecule has 2 rings (SSSR count). The van der Waals surface area contributed by atoms with Crippen molar-refractivity contribution >= 4 is 11.6 Å². The molecule has 0 aromatic heterocycles. The Kier molecular flexibility index (Phi) is 4.77. The van der Waals surface area contributed by atoms with Crippen LogP contribution in [0.3, 0.4) is 0 Å². The van der Waals surface area contributed by atoms with Crippen LogP contribution >= 0.6 is 0 Å². The van der Waals surface area contributed by atoms with Gasteiger partial charge < -0.3 is 10.1 Å². The molecule has 0 saturated carbocycles. The summed E-state index contributed by atoms with van der Waals surface area (Å²) < 4.78 is 0. The number of aryl methyl sites for hydroxylation is 2. The van der Waals surface area contributed by atoms with Gasteiger partial charge in [-0.15, -0.1) is 0 Å². The van der Waals surface area contributed by atoms with E-state index in [9.17, 15) is 4.79 Å². The summed E-state index contributed by atoms with van der Waals surface area (Å²) in [6, 6.07) is 8.31. The summed E-state index contributed by atoms with van der Waals surface area (Å²) in [6.45, 7) is 5.38. The van der Waals surface area contributed by atoms with Crippen molar-refractivity contribution in [3.8, 4) is 0 Å². The fourth-order valence-electron chi connectivity index (χ4n) is 2.56.